The molecule has 0 aliphatic heterocycles. The van der Waals surface area contributed by atoms with Gasteiger partial charge in [-0.25, -0.2) is 0 Å². The van der Waals surface area contributed by atoms with Crippen LogP contribution in [0.15, 0.2) is 54.6 Å². The fourth-order valence-corrected chi connectivity index (χ4v) is 2.12. The first-order valence-corrected chi connectivity index (χ1v) is 7.10. The largest absolute Gasteiger partial charge is 0.350 e. The predicted octanol–water partition coefficient (Wildman–Crippen LogP) is 2.72. The Labute approximate surface area is 125 Å². The molecule has 0 saturated carbocycles. The molecule has 2 rings (SSSR count). The Bertz CT molecular complexity index is 566. The minimum Gasteiger partial charge on any atom is -0.350 e. The molecular formula is C17H21N3O. The van der Waals surface area contributed by atoms with Gasteiger partial charge < -0.3 is 10.7 Å². The lowest BCUT2D eigenvalue weighted by molar-refractivity contribution is 0.0938. The van der Waals surface area contributed by atoms with Crippen LogP contribution in [0.5, 0.6) is 0 Å². The third-order valence-electron chi connectivity index (χ3n) is 3.40. The van der Waals surface area contributed by atoms with E-state index in [9.17, 15) is 4.79 Å². The smallest absolute Gasteiger partial charge is 0.251 e. The van der Waals surface area contributed by atoms with E-state index in [2.05, 4.69) is 22.9 Å². The summed E-state index contributed by atoms with van der Waals surface area (Å²) in [6.07, 6.45) is 1.87. The molecule has 0 aliphatic rings. The normalized spacial score (nSPS) is 11.7. The number of hydrogen-bond donors (Lipinski definition) is 3. The maximum Gasteiger partial charge on any atom is 0.251 e. The summed E-state index contributed by atoms with van der Waals surface area (Å²) in [5.41, 5.74) is 5.25. The molecule has 0 bridgehead atoms. The van der Waals surface area contributed by atoms with E-state index in [-0.39, 0.29) is 11.9 Å². The first-order valence-electron chi connectivity index (χ1n) is 7.10. The predicted molar refractivity (Wildman–Crippen MR) is 85.9 cm³/mol. The molecule has 4 heteroatoms. The van der Waals surface area contributed by atoms with Crippen molar-refractivity contribution in [3.05, 3.63) is 65.7 Å². The molecule has 0 radical (unpaired) electrons. The molecule has 2 aromatic rings. The summed E-state index contributed by atoms with van der Waals surface area (Å²) >= 11 is 0. The second-order valence-corrected chi connectivity index (χ2v) is 5.12. The quantitative estimate of drug-likeness (QED) is 0.564. The molecule has 0 aromatic heterocycles. The topological polar surface area (TPSA) is 67.2 Å². The van der Waals surface area contributed by atoms with E-state index in [0.717, 1.165) is 18.5 Å². The number of carbonyl (C=O) groups is 1. The number of anilines is 1. The van der Waals surface area contributed by atoms with Gasteiger partial charge >= 0.3 is 0 Å². The fraction of sp³-hybridized carbons (Fsp3) is 0.235. The molecule has 1 amide bonds. The Kier molecular flexibility index (Phi) is 5.35. The summed E-state index contributed by atoms with van der Waals surface area (Å²) in [5.74, 6) is 5.24. The summed E-state index contributed by atoms with van der Waals surface area (Å²) in [6.45, 7) is 2.02. The van der Waals surface area contributed by atoms with E-state index in [1.54, 1.807) is 24.3 Å². The second kappa shape index (κ2) is 7.45. The Morgan fingerprint density at radius 1 is 1.10 bits per heavy atom. The SMILES string of the molecule is CC(CCc1ccccc1)NC(=O)c1ccc(NN)cc1. The van der Waals surface area contributed by atoms with E-state index in [1.807, 2.05) is 25.1 Å². The molecule has 110 valence electrons. The lowest BCUT2D eigenvalue weighted by Gasteiger charge is -2.14. The minimum absolute atomic E-state index is 0.0564. The molecule has 1 atom stereocenters. The molecular weight excluding hydrogens is 262 g/mol. The van der Waals surface area contributed by atoms with Gasteiger partial charge in [0, 0.05) is 17.3 Å². The average molecular weight is 283 g/mol. The summed E-state index contributed by atoms with van der Waals surface area (Å²) in [7, 11) is 0. The first-order chi connectivity index (χ1) is 10.2. The van der Waals surface area contributed by atoms with Crippen molar-refractivity contribution in [2.45, 2.75) is 25.8 Å². The number of carbonyl (C=O) groups excluding carboxylic acids is 1. The van der Waals surface area contributed by atoms with Crippen LogP contribution >= 0.6 is 0 Å². The van der Waals surface area contributed by atoms with Crippen LogP contribution in [0.1, 0.15) is 29.3 Å². The van der Waals surface area contributed by atoms with Crippen LogP contribution < -0.4 is 16.6 Å². The van der Waals surface area contributed by atoms with Crippen LogP contribution in [0.4, 0.5) is 5.69 Å². The molecule has 1 unspecified atom stereocenters. The Morgan fingerprint density at radius 3 is 2.38 bits per heavy atom. The van der Waals surface area contributed by atoms with Crippen molar-refractivity contribution in [3.63, 3.8) is 0 Å². The highest BCUT2D eigenvalue weighted by Crippen LogP contribution is 2.09. The molecule has 0 heterocycles. The number of hydrazine groups is 1. The van der Waals surface area contributed by atoms with E-state index in [4.69, 9.17) is 5.84 Å². The highest BCUT2D eigenvalue weighted by atomic mass is 16.1. The molecule has 0 aliphatic carbocycles. The van der Waals surface area contributed by atoms with Gasteiger partial charge in [-0.3, -0.25) is 10.6 Å². The standard InChI is InChI=1S/C17H21N3O/c1-13(7-8-14-5-3-2-4-6-14)19-17(21)15-9-11-16(20-18)12-10-15/h2-6,9-13,20H,7-8,18H2,1H3,(H,19,21). The highest BCUT2D eigenvalue weighted by molar-refractivity contribution is 5.94. The van der Waals surface area contributed by atoms with E-state index >= 15 is 0 Å². The number of nitrogens with one attached hydrogen (secondary N) is 2. The average Bonchev–Trinajstić information content (AvgIpc) is 2.54. The van der Waals surface area contributed by atoms with Crippen LogP contribution in [-0.4, -0.2) is 11.9 Å². The first kappa shape index (κ1) is 15.1. The summed E-state index contributed by atoms with van der Waals surface area (Å²) < 4.78 is 0. The second-order valence-electron chi connectivity index (χ2n) is 5.12. The third kappa shape index (κ3) is 4.61. The Morgan fingerprint density at radius 2 is 1.76 bits per heavy atom. The van der Waals surface area contributed by atoms with Crippen LogP contribution in [0.25, 0.3) is 0 Å². The summed E-state index contributed by atoms with van der Waals surface area (Å²) in [5, 5.41) is 3.01. The zero-order chi connectivity index (χ0) is 15.1. The van der Waals surface area contributed by atoms with E-state index in [1.165, 1.54) is 5.56 Å². The number of nitrogens with two attached hydrogens (primary N) is 1. The highest BCUT2D eigenvalue weighted by Gasteiger charge is 2.09. The monoisotopic (exact) mass is 283 g/mol. The van der Waals surface area contributed by atoms with Crippen molar-refractivity contribution in [2.24, 2.45) is 5.84 Å². The minimum atomic E-state index is -0.0564. The molecule has 4 N–H and O–H groups in total. The van der Waals surface area contributed by atoms with Gasteiger partial charge in [0.15, 0.2) is 0 Å². The number of benzene rings is 2. The van der Waals surface area contributed by atoms with Gasteiger partial charge in [0.1, 0.15) is 0 Å². The van der Waals surface area contributed by atoms with Gasteiger partial charge in [-0.1, -0.05) is 30.3 Å². The summed E-state index contributed by atoms with van der Waals surface area (Å²) in [6, 6.07) is 17.5. The van der Waals surface area contributed by atoms with Crippen LogP contribution in [0, 0.1) is 0 Å². The van der Waals surface area contributed by atoms with Gasteiger partial charge in [-0.15, -0.1) is 0 Å². The number of aryl methyl sites for hydroxylation is 1. The molecule has 21 heavy (non-hydrogen) atoms. The van der Waals surface area contributed by atoms with Crippen LogP contribution in [0.2, 0.25) is 0 Å². The maximum atomic E-state index is 12.1. The number of hydrogen-bond acceptors (Lipinski definition) is 3. The Hall–Kier alpha value is -2.33. The molecule has 0 saturated heterocycles. The van der Waals surface area contributed by atoms with Gasteiger partial charge in [0.25, 0.3) is 5.91 Å². The van der Waals surface area contributed by atoms with Gasteiger partial charge in [0.05, 0.1) is 0 Å². The molecule has 0 spiro atoms. The van der Waals surface area contributed by atoms with Gasteiger partial charge in [0.2, 0.25) is 0 Å². The maximum absolute atomic E-state index is 12.1. The summed E-state index contributed by atoms with van der Waals surface area (Å²) in [4.78, 5) is 12.1. The van der Waals surface area contributed by atoms with Crippen molar-refractivity contribution in [1.29, 1.82) is 0 Å². The van der Waals surface area contributed by atoms with Crippen molar-refractivity contribution in [3.8, 4) is 0 Å². The van der Waals surface area contributed by atoms with Crippen molar-refractivity contribution < 1.29 is 4.79 Å². The molecule has 0 fully saturated rings. The van der Waals surface area contributed by atoms with E-state index in [0.29, 0.717) is 5.56 Å². The molecule has 4 nitrogen and oxygen atoms in total. The van der Waals surface area contributed by atoms with Crippen LogP contribution in [-0.2, 0) is 6.42 Å². The van der Waals surface area contributed by atoms with E-state index < -0.39 is 0 Å². The van der Waals surface area contributed by atoms with Crippen molar-refractivity contribution in [1.82, 2.24) is 5.32 Å². The number of rotatable bonds is 6. The van der Waals surface area contributed by atoms with Crippen LogP contribution in [0.3, 0.4) is 0 Å². The zero-order valence-corrected chi connectivity index (χ0v) is 12.2. The lowest BCUT2D eigenvalue weighted by atomic mass is 10.1. The van der Waals surface area contributed by atoms with Gasteiger partial charge in [-0.2, -0.15) is 0 Å². The van der Waals surface area contributed by atoms with Crippen molar-refractivity contribution >= 4 is 11.6 Å². The fourth-order valence-electron chi connectivity index (χ4n) is 2.12. The number of amides is 1. The third-order valence-corrected chi connectivity index (χ3v) is 3.40. The van der Waals surface area contributed by atoms with Crippen molar-refractivity contribution in [2.75, 3.05) is 5.43 Å². The molecule has 2 aromatic carbocycles. The Balaban J connectivity index is 1.83. The number of nitrogen functional groups attached to an aromatic ring is 1. The lowest BCUT2D eigenvalue weighted by Crippen LogP contribution is -2.32. The van der Waals surface area contributed by atoms with Gasteiger partial charge in [-0.05, 0) is 49.6 Å². The zero-order valence-electron chi connectivity index (χ0n) is 12.2.